The largest absolute Gasteiger partial charge is 0.454 e. The molecule has 1 aromatic carbocycles. The van der Waals surface area contributed by atoms with Crippen molar-refractivity contribution in [2.24, 2.45) is 5.73 Å². The average Bonchev–Trinajstić information content (AvgIpc) is 3.06. The molecule has 7 nitrogen and oxygen atoms in total. The smallest absolute Gasteiger partial charge is 0.231 e. The lowest BCUT2D eigenvalue weighted by Gasteiger charge is -2.33. The summed E-state index contributed by atoms with van der Waals surface area (Å²) < 4.78 is 10.9. The van der Waals surface area contributed by atoms with E-state index in [2.05, 4.69) is 17.0 Å². The normalized spacial score (nSPS) is 19.1. The molecule has 2 N–H and O–H groups in total. The molecule has 1 saturated carbocycles. The molecule has 0 radical (unpaired) electrons. The zero-order valence-electron chi connectivity index (χ0n) is 16.3. The predicted molar refractivity (Wildman–Crippen MR) is 115 cm³/mol. The minimum absolute atomic E-state index is 0. The van der Waals surface area contributed by atoms with Crippen LogP contribution in [0.15, 0.2) is 24.3 Å². The molecule has 0 atom stereocenters. The quantitative estimate of drug-likeness (QED) is 0.785. The highest BCUT2D eigenvalue weighted by atomic mass is 35.5. The Bertz CT molecular complexity index is 815. The van der Waals surface area contributed by atoms with Crippen LogP contribution in [-0.2, 0) is 6.54 Å². The van der Waals surface area contributed by atoms with Crippen LogP contribution < -0.4 is 25.0 Å². The van der Waals surface area contributed by atoms with E-state index >= 15 is 0 Å². The highest BCUT2D eigenvalue weighted by Crippen LogP contribution is 2.37. The van der Waals surface area contributed by atoms with Gasteiger partial charge in [0.05, 0.1) is 5.69 Å². The van der Waals surface area contributed by atoms with E-state index in [9.17, 15) is 0 Å². The Hall–Kier alpha value is -1.96. The number of aromatic nitrogens is 2. The van der Waals surface area contributed by atoms with Crippen molar-refractivity contribution >= 4 is 36.6 Å². The first-order chi connectivity index (χ1) is 12.5. The van der Waals surface area contributed by atoms with Crippen LogP contribution in [0, 0.1) is 0 Å². The van der Waals surface area contributed by atoms with Crippen molar-refractivity contribution in [1.29, 1.82) is 0 Å². The van der Waals surface area contributed by atoms with Crippen molar-refractivity contribution in [1.82, 2.24) is 9.97 Å². The maximum atomic E-state index is 5.96. The van der Waals surface area contributed by atoms with Crippen LogP contribution in [0.2, 0.25) is 0 Å². The average molecular weight is 428 g/mol. The zero-order chi connectivity index (χ0) is 18.3. The summed E-state index contributed by atoms with van der Waals surface area (Å²) in [7, 11) is 5.98. The van der Waals surface area contributed by atoms with E-state index in [1.54, 1.807) is 0 Å². The zero-order valence-corrected chi connectivity index (χ0v) is 17.9. The molecule has 2 heterocycles. The fourth-order valence-electron chi connectivity index (χ4n) is 3.34. The number of rotatable bonds is 5. The van der Waals surface area contributed by atoms with Gasteiger partial charge in [0.25, 0.3) is 0 Å². The molecular formula is C19H27Cl2N5O2. The molecule has 1 aliphatic heterocycles. The van der Waals surface area contributed by atoms with E-state index in [0.29, 0.717) is 18.8 Å². The molecule has 1 aliphatic carbocycles. The number of benzene rings is 1. The third-order valence-corrected chi connectivity index (χ3v) is 4.96. The van der Waals surface area contributed by atoms with E-state index in [1.165, 1.54) is 0 Å². The first-order valence-corrected chi connectivity index (χ1v) is 8.91. The Balaban J connectivity index is 0.00000140. The van der Waals surface area contributed by atoms with Gasteiger partial charge in [-0.2, -0.15) is 4.98 Å². The Morgan fingerprint density at radius 2 is 1.75 bits per heavy atom. The Morgan fingerprint density at radius 3 is 2.43 bits per heavy atom. The van der Waals surface area contributed by atoms with Gasteiger partial charge < -0.3 is 25.0 Å². The van der Waals surface area contributed by atoms with Crippen LogP contribution in [0.3, 0.4) is 0 Å². The standard InChI is InChI=1S/C19H25N5O2.2ClH/c1-23(2)19-21-15(13-7-14(20)8-13)9-18(22-19)24(3)10-12-4-5-16-17(6-12)26-11-25-16;;/h4-6,9,13-14H,7-8,10-11,20H2,1-3H3;2*1H. The molecule has 154 valence electrons. The van der Waals surface area contributed by atoms with Gasteiger partial charge in [-0.3, -0.25) is 0 Å². The number of fused-ring (bicyclic) bond motifs is 1. The van der Waals surface area contributed by atoms with Crippen molar-refractivity contribution in [3.8, 4) is 11.5 Å². The highest BCUT2D eigenvalue weighted by molar-refractivity contribution is 5.85. The van der Waals surface area contributed by atoms with Crippen molar-refractivity contribution < 1.29 is 9.47 Å². The van der Waals surface area contributed by atoms with Crippen molar-refractivity contribution in [2.45, 2.75) is 31.3 Å². The van der Waals surface area contributed by atoms with Crippen LogP contribution in [0.5, 0.6) is 11.5 Å². The number of halogens is 2. The summed E-state index contributed by atoms with van der Waals surface area (Å²) in [6.45, 7) is 1.02. The van der Waals surface area contributed by atoms with Crippen molar-refractivity contribution in [3.05, 3.63) is 35.5 Å². The van der Waals surface area contributed by atoms with Gasteiger partial charge in [0.15, 0.2) is 11.5 Å². The van der Waals surface area contributed by atoms with E-state index in [-0.39, 0.29) is 24.8 Å². The molecule has 28 heavy (non-hydrogen) atoms. The fourth-order valence-corrected chi connectivity index (χ4v) is 3.34. The molecule has 2 aliphatic rings. The van der Waals surface area contributed by atoms with Gasteiger partial charge in [-0.1, -0.05) is 6.07 Å². The summed E-state index contributed by atoms with van der Waals surface area (Å²) in [5, 5.41) is 0. The van der Waals surface area contributed by atoms with Gasteiger partial charge >= 0.3 is 0 Å². The maximum absolute atomic E-state index is 5.96. The molecule has 1 fully saturated rings. The molecule has 4 rings (SSSR count). The molecule has 2 aromatic rings. The van der Waals surface area contributed by atoms with E-state index in [1.807, 2.05) is 38.2 Å². The topological polar surface area (TPSA) is 76.7 Å². The van der Waals surface area contributed by atoms with Gasteiger partial charge in [0.1, 0.15) is 5.82 Å². The van der Waals surface area contributed by atoms with Crippen molar-refractivity contribution in [2.75, 3.05) is 37.7 Å². The van der Waals surface area contributed by atoms with Gasteiger partial charge in [-0.15, -0.1) is 24.8 Å². The van der Waals surface area contributed by atoms with Gasteiger partial charge in [0.2, 0.25) is 12.7 Å². The van der Waals surface area contributed by atoms with Crippen molar-refractivity contribution in [3.63, 3.8) is 0 Å². The second-order valence-electron chi connectivity index (χ2n) is 7.32. The monoisotopic (exact) mass is 427 g/mol. The lowest BCUT2D eigenvalue weighted by molar-refractivity contribution is 0.174. The van der Waals surface area contributed by atoms with Crippen LogP contribution >= 0.6 is 24.8 Å². The Morgan fingerprint density at radius 1 is 1.04 bits per heavy atom. The summed E-state index contributed by atoms with van der Waals surface area (Å²) in [6, 6.07) is 8.43. The molecule has 0 bridgehead atoms. The third kappa shape index (κ3) is 4.54. The Kier molecular flexibility index (Phi) is 7.20. The first kappa shape index (κ1) is 22.3. The maximum Gasteiger partial charge on any atom is 0.231 e. The van der Waals surface area contributed by atoms with Crippen LogP contribution in [-0.4, -0.2) is 43.9 Å². The molecular weight excluding hydrogens is 401 g/mol. The number of hydrogen-bond donors (Lipinski definition) is 1. The summed E-state index contributed by atoms with van der Waals surface area (Å²) in [5.41, 5.74) is 8.19. The van der Waals surface area contributed by atoms with Gasteiger partial charge in [-0.05, 0) is 30.5 Å². The number of hydrogen-bond acceptors (Lipinski definition) is 7. The number of nitrogens with two attached hydrogens (primary N) is 1. The molecule has 0 saturated heterocycles. The SMILES string of the molecule is CN(C)c1nc(C2CC(N)C2)cc(N(C)Cc2ccc3c(c2)OCO3)n1.Cl.Cl. The van der Waals surface area contributed by atoms with Gasteiger partial charge in [0, 0.05) is 45.7 Å². The lowest BCUT2D eigenvalue weighted by Crippen LogP contribution is -2.35. The van der Waals surface area contributed by atoms with Crippen LogP contribution in [0.1, 0.15) is 30.0 Å². The van der Waals surface area contributed by atoms with E-state index in [0.717, 1.165) is 53.9 Å². The number of ether oxygens (including phenoxy) is 2. The van der Waals surface area contributed by atoms with E-state index < -0.39 is 0 Å². The van der Waals surface area contributed by atoms with Crippen LogP contribution in [0.4, 0.5) is 11.8 Å². The summed E-state index contributed by atoms with van der Waals surface area (Å²) >= 11 is 0. The minimum atomic E-state index is 0. The molecule has 0 amide bonds. The Labute approximate surface area is 178 Å². The number of anilines is 2. The number of nitrogens with zero attached hydrogens (tertiary/aromatic N) is 4. The van der Waals surface area contributed by atoms with Gasteiger partial charge in [-0.25, -0.2) is 4.98 Å². The summed E-state index contributed by atoms with van der Waals surface area (Å²) in [4.78, 5) is 13.5. The fraction of sp³-hybridized carbons (Fsp3) is 0.474. The molecule has 9 heteroatoms. The minimum Gasteiger partial charge on any atom is -0.454 e. The second-order valence-corrected chi connectivity index (χ2v) is 7.32. The summed E-state index contributed by atoms with van der Waals surface area (Å²) in [5.74, 6) is 3.69. The molecule has 0 unspecified atom stereocenters. The molecule has 1 aromatic heterocycles. The highest BCUT2D eigenvalue weighted by Gasteiger charge is 2.29. The van der Waals surface area contributed by atoms with E-state index in [4.69, 9.17) is 25.2 Å². The first-order valence-electron chi connectivity index (χ1n) is 8.91. The second kappa shape index (κ2) is 9.03. The van der Waals surface area contributed by atoms with Crippen LogP contribution in [0.25, 0.3) is 0 Å². The summed E-state index contributed by atoms with van der Waals surface area (Å²) in [6.07, 6.45) is 1.99. The molecule has 0 spiro atoms. The predicted octanol–water partition coefficient (Wildman–Crippen LogP) is 2.96. The lowest BCUT2D eigenvalue weighted by atomic mass is 9.78. The third-order valence-electron chi connectivity index (χ3n) is 4.96.